The van der Waals surface area contributed by atoms with Crippen LogP contribution in [0.5, 0.6) is 11.5 Å². The zero-order valence-corrected chi connectivity index (χ0v) is 15.9. The predicted octanol–water partition coefficient (Wildman–Crippen LogP) is 3.67. The van der Waals surface area contributed by atoms with Gasteiger partial charge in [-0.1, -0.05) is 36.4 Å². The first kappa shape index (κ1) is 17.9. The Balaban J connectivity index is 1.41. The van der Waals surface area contributed by atoms with Gasteiger partial charge in [0.25, 0.3) is 0 Å². The van der Waals surface area contributed by atoms with E-state index < -0.39 is 0 Å². The van der Waals surface area contributed by atoms with E-state index in [1.54, 1.807) is 0 Å². The van der Waals surface area contributed by atoms with Crippen molar-refractivity contribution >= 4 is 5.96 Å². The first-order valence-electron chi connectivity index (χ1n) is 9.62. The quantitative estimate of drug-likeness (QED) is 0.663. The van der Waals surface area contributed by atoms with Crippen molar-refractivity contribution < 1.29 is 9.47 Å². The lowest BCUT2D eigenvalue weighted by Crippen LogP contribution is -2.41. The molecular weight excluding hydrogens is 338 g/mol. The molecule has 1 N–H and O–H groups in total. The Morgan fingerprint density at radius 2 is 1.96 bits per heavy atom. The maximum Gasteiger partial charge on any atom is 0.193 e. The Morgan fingerprint density at radius 1 is 1.15 bits per heavy atom. The Kier molecular flexibility index (Phi) is 5.30. The van der Waals surface area contributed by atoms with E-state index >= 15 is 0 Å². The van der Waals surface area contributed by atoms with Crippen LogP contribution in [0.2, 0.25) is 0 Å². The number of nitrogens with zero attached hydrogens (tertiary/aromatic N) is 2. The first-order chi connectivity index (χ1) is 13.3. The lowest BCUT2D eigenvalue weighted by atomic mass is 9.87. The van der Waals surface area contributed by atoms with Gasteiger partial charge in [0.05, 0.1) is 6.61 Å². The van der Waals surface area contributed by atoms with Crippen molar-refractivity contribution in [3.63, 3.8) is 0 Å². The average Bonchev–Trinajstić information content (AvgIpc) is 3.34. The van der Waals surface area contributed by atoms with Gasteiger partial charge in [-0.15, -0.1) is 0 Å². The Labute approximate surface area is 161 Å². The summed E-state index contributed by atoms with van der Waals surface area (Å²) in [7, 11) is 1.85. The number of ether oxygens (including phenoxy) is 2. The van der Waals surface area contributed by atoms with Gasteiger partial charge in [-0.05, 0) is 31.0 Å². The van der Waals surface area contributed by atoms with Crippen LogP contribution in [0, 0.1) is 5.41 Å². The van der Waals surface area contributed by atoms with Gasteiger partial charge in [-0.3, -0.25) is 4.99 Å². The summed E-state index contributed by atoms with van der Waals surface area (Å²) in [6, 6.07) is 18.0. The molecule has 2 fully saturated rings. The standard InChI is InChI=1S/C22H27N3O2/c1-23-21(25-13-11-22(16-25)12-14-26-17-22)24-15-18-7-5-6-10-20(18)27-19-8-3-2-4-9-19/h2-10H,11-17H2,1H3,(H,23,24). The zero-order valence-electron chi connectivity index (χ0n) is 15.9. The van der Waals surface area contributed by atoms with E-state index in [1.165, 1.54) is 6.42 Å². The average molecular weight is 365 g/mol. The molecule has 142 valence electrons. The molecule has 0 bridgehead atoms. The second-order valence-corrected chi connectivity index (χ2v) is 7.40. The van der Waals surface area contributed by atoms with E-state index in [0.717, 1.165) is 55.7 Å². The van der Waals surface area contributed by atoms with Crippen LogP contribution in [0.1, 0.15) is 18.4 Å². The van der Waals surface area contributed by atoms with E-state index in [4.69, 9.17) is 9.47 Å². The minimum atomic E-state index is 0.325. The number of hydrogen-bond donors (Lipinski definition) is 1. The van der Waals surface area contributed by atoms with Crippen molar-refractivity contribution in [2.24, 2.45) is 10.4 Å². The number of likely N-dealkylation sites (tertiary alicyclic amines) is 1. The van der Waals surface area contributed by atoms with Crippen molar-refractivity contribution in [1.29, 1.82) is 0 Å². The maximum absolute atomic E-state index is 6.07. The molecule has 4 rings (SSSR count). The molecule has 5 heteroatoms. The lowest BCUT2D eigenvalue weighted by Gasteiger charge is -2.25. The minimum absolute atomic E-state index is 0.325. The molecule has 1 atom stereocenters. The van der Waals surface area contributed by atoms with Crippen LogP contribution in [-0.4, -0.2) is 44.2 Å². The van der Waals surface area contributed by atoms with Gasteiger partial charge < -0.3 is 19.7 Å². The van der Waals surface area contributed by atoms with Crippen LogP contribution in [0.25, 0.3) is 0 Å². The molecular formula is C22H27N3O2. The third-order valence-corrected chi connectivity index (χ3v) is 5.52. The Hall–Kier alpha value is -2.53. The molecule has 2 saturated heterocycles. The van der Waals surface area contributed by atoms with Gasteiger partial charge in [-0.2, -0.15) is 0 Å². The van der Waals surface area contributed by atoms with Crippen molar-refractivity contribution in [3.8, 4) is 11.5 Å². The SMILES string of the molecule is CN=C(NCc1ccccc1Oc1ccccc1)N1CCC2(CCOC2)C1. The summed E-state index contributed by atoms with van der Waals surface area (Å²) in [5, 5.41) is 3.52. The highest BCUT2D eigenvalue weighted by Crippen LogP contribution is 2.38. The van der Waals surface area contributed by atoms with Crippen molar-refractivity contribution in [1.82, 2.24) is 10.2 Å². The Bertz CT molecular complexity index is 785. The molecule has 2 aromatic rings. The van der Waals surface area contributed by atoms with Crippen LogP contribution in [0.3, 0.4) is 0 Å². The van der Waals surface area contributed by atoms with E-state index in [0.29, 0.717) is 12.0 Å². The number of guanidine groups is 1. The summed E-state index contributed by atoms with van der Waals surface area (Å²) in [6.07, 6.45) is 2.34. The van der Waals surface area contributed by atoms with Gasteiger partial charge in [0.1, 0.15) is 11.5 Å². The second kappa shape index (κ2) is 8.01. The number of para-hydroxylation sites is 2. The van der Waals surface area contributed by atoms with Gasteiger partial charge in [0, 0.05) is 44.3 Å². The van der Waals surface area contributed by atoms with Gasteiger partial charge in [0.2, 0.25) is 0 Å². The predicted molar refractivity (Wildman–Crippen MR) is 107 cm³/mol. The van der Waals surface area contributed by atoms with E-state index in [9.17, 15) is 0 Å². The number of aliphatic imine (C=N–C) groups is 1. The second-order valence-electron chi connectivity index (χ2n) is 7.40. The summed E-state index contributed by atoms with van der Waals surface area (Å²) in [6.45, 7) is 4.51. The monoisotopic (exact) mass is 365 g/mol. The summed E-state index contributed by atoms with van der Waals surface area (Å²) in [4.78, 5) is 6.86. The third kappa shape index (κ3) is 4.08. The molecule has 0 aromatic heterocycles. The summed E-state index contributed by atoms with van der Waals surface area (Å²) in [5.41, 5.74) is 1.44. The van der Waals surface area contributed by atoms with Gasteiger partial charge in [-0.25, -0.2) is 0 Å². The number of hydrogen-bond acceptors (Lipinski definition) is 3. The Morgan fingerprint density at radius 3 is 2.74 bits per heavy atom. The minimum Gasteiger partial charge on any atom is -0.457 e. The highest BCUT2D eigenvalue weighted by atomic mass is 16.5. The van der Waals surface area contributed by atoms with Crippen LogP contribution in [0.4, 0.5) is 0 Å². The van der Waals surface area contributed by atoms with Gasteiger partial charge >= 0.3 is 0 Å². The fourth-order valence-corrected chi connectivity index (χ4v) is 3.96. The molecule has 5 nitrogen and oxygen atoms in total. The molecule has 2 aliphatic heterocycles. The van der Waals surface area contributed by atoms with Crippen LogP contribution in [-0.2, 0) is 11.3 Å². The fraction of sp³-hybridized carbons (Fsp3) is 0.409. The molecule has 2 aromatic carbocycles. The lowest BCUT2D eigenvalue weighted by molar-refractivity contribution is 0.156. The summed E-state index contributed by atoms with van der Waals surface area (Å²) in [5.74, 6) is 2.67. The molecule has 0 aliphatic carbocycles. The maximum atomic E-state index is 6.07. The first-order valence-corrected chi connectivity index (χ1v) is 9.62. The number of nitrogens with one attached hydrogen (secondary N) is 1. The molecule has 2 aliphatic rings. The molecule has 0 amide bonds. The van der Waals surface area contributed by atoms with Crippen LogP contribution in [0.15, 0.2) is 59.6 Å². The van der Waals surface area contributed by atoms with Gasteiger partial charge in [0.15, 0.2) is 5.96 Å². The third-order valence-electron chi connectivity index (χ3n) is 5.52. The van der Waals surface area contributed by atoms with Crippen molar-refractivity contribution in [2.75, 3.05) is 33.4 Å². The molecule has 0 radical (unpaired) electrons. The molecule has 0 saturated carbocycles. The smallest absolute Gasteiger partial charge is 0.193 e. The summed E-state index contributed by atoms with van der Waals surface area (Å²) >= 11 is 0. The molecule has 1 spiro atoms. The topological polar surface area (TPSA) is 46.1 Å². The number of benzene rings is 2. The highest BCUT2D eigenvalue weighted by molar-refractivity contribution is 5.80. The van der Waals surface area contributed by atoms with Crippen molar-refractivity contribution in [3.05, 3.63) is 60.2 Å². The zero-order chi connectivity index (χ0) is 18.5. The number of rotatable bonds is 4. The van der Waals surface area contributed by atoms with E-state index in [-0.39, 0.29) is 0 Å². The summed E-state index contributed by atoms with van der Waals surface area (Å²) < 4.78 is 11.7. The molecule has 2 heterocycles. The molecule has 27 heavy (non-hydrogen) atoms. The van der Waals surface area contributed by atoms with Crippen molar-refractivity contribution in [2.45, 2.75) is 19.4 Å². The highest BCUT2D eigenvalue weighted by Gasteiger charge is 2.42. The van der Waals surface area contributed by atoms with E-state index in [1.807, 2.05) is 55.6 Å². The fourth-order valence-electron chi connectivity index (χ4n) is 3.96. The van der Waals surface area contributed by atoms with Crippen LogP contribution >= 0.6 is 0 Å². The van der Waals surface area contributed by atoms with Crippen LogP contribution < -0.4 is 10.1 Å². The largest absolute Gasteiger partial charge is 0.457 e. The van der Waals surface area contributed by atoms with E-state index in [2.05, 4.69) is 21.3 Å². The molecule has 1 unspecified atom stereocenters. The normalized spacial score (nSPS) is 22.4.